The molecule has 13 heteroatoms. The van der Waals surface area contributed by atoms with Crippen molar-refractivity contribution < 1.29 is 22.4 Å². The van der Waals surface area contributed by atoms with Gasteiger partial charge in [0.15, 0.2) is 17.2 Å². The normalized spacial score (nSPS) is 18.9. The molecule has 1 fully saturated rings. The van der Waals surface area contributed by atoms with Crippen LogP contribution in [0, 0.1) is 0 Å². The van der Waals surface area contributed by atoms with E-state index in [-0.39, 0.29) is 35.8 Å². The molecule has 30 heavy (non-hydrogen) atoms. The van der Waals surface area contributed by atoms with Crippen LogP contribution in [-0.4, -0.2) is 55.3 Å². The Hall–Kier alpha value is -3.22. The van der Waals surface area contributed by atoms with Gasteiger partial charge in [-0.05, 0) is 6.07 Å². The van der Waals surface area contributed by atoms with Gasteiger partial charge in [0.25, 0.3) is 18.3 Å². The highest BCUT2D eigenvalue weighted by atomic mass is 19.3. The number of hydrogen-bond donors (Lipinski definition) is 2. The average molecular weight is 426 g/mol. The van der Waals surface area contributed by atoms with Gasteiger partial charge in [0, 0.05) is 45.1 Å². The molecule has 0 spiro atoms. The molecule has 4 heterocycles. The molecule has 0 radical (unpaired) electrons. The summed E-state index contributed by atoms with van der Waals surface area (Å²) >= 11 is 0. The van der Waals surface area contributed by atoms with Crippen molar-refractivity contribution in [3.05, 3.63) is 35.9 Å². The number of carbonyl (C=O) groups excluding carboxylic acids is 1. The van der Waals surface area contributed by atoms with Crippen LogP contribution in [0.25, 0.3) is 5.65 Å². The van der Waals surface area contributed by atoms with Crippen LogP contribution in [0.3, 0.4) is 0 Å². The van der Waals surface area contributed by atoms with Gasteiger partial charge in [-0.2, -0.15) is 5.10 Å². The molecule has 0 aromatic carbocycles. The van der Waals surface area contributed by atoms with Crippen LogP contribution >= 0.6 is 0 Å². The van der Waals surface area contributed by atoms with E-state index in [9.17, 15) is 22.4 Å². The average Bonchev–Trinajstić information content (AvgIpc) is 3.24. The summed E-state index contributed by atoms with van der Waals surface area (Å²) in [5.41, 5.74) is 4.97. The van der Waals surface area contributed by atoms with E-state index in [0.29, 0.717) is 0 Å². The molecule has 3 aromatic rings. The molecule has 1 saturated heterocycles. The van der Waals surface area contributed by atoms with Crippen molar-refractivity contribution in [1.82, 2.24) is 24.4 Å². The minimum absolute atomic E-state index is 0.0305. The van der Waals surface area contributed by atoms with E-state index in [1.165, 1.54) is 35.1 Å². The number of nitrogens with zero attached hydrogens (tertiary/aromatic N) is 6. The third-order valence-corrected chi connectivity index (χ3v) is 4.89. The maximum absolute atomic E-state index is 13.8. The lowest BCUT2D eigenvalue weighted by Crippen LogP contribution is -2.55. The summed E-state index contributed by atoms with van der Waals surface area (Å²) in [4.78, 5) is 18.7. The van der Waals surface area contributed by atoms with Gasteiger partial charge >= 0.3 is 0 Å². The van der Waals surface area contributed by atoms with Crippen LogP contribution in [-0.2, 0) is 7.05 Å². The van der Waals surface area contributed by atoms with Gasteiger partial charge in [0.05, 0.1) is 11.7 Å². The van der Waals surface area contributed by atoms with Crippen molar-refractivity contribution in [3.8, 4) is 0 Å². The number of piperidine rings is 1. The van der Waals surface area contributed by atoms with Crippen molar-refractivity contribution in [2.45, 2.75) is 24.8 Å². The summed E-state index contributed by atoms with van der Waals surface area (Å²) in [5.74, 6) is -3.70. The SMILES string of the molecule is Cn1cc(NC(=O)c2c(N3CCC(F)(F)C(N)C3)nn3cccnc23)c(C(F)F)n1. The van der Waals surface area contributed by atoms with Gasteiger partial charge in [-0.1, -0.05) is 0 Å². The molecule has 1 aliphatic heterocycles. The van der Waals surface area contributed by atoms with Crippen molar-refractivity contribution in [1.29, 1.82) is 0 Å². The maximum Gasteiger partial charge on any atom is 0.284 e. The summed E-state index contributed by atoms with van der Waals surface area (Å²) in [6, 6.07) is 0.140. The van der Waals surface area contributed by atoms with Crippen molar-refractivity contribution in [3.63, 3.8) is 0 Å². The smallest absolute Gasteiger partial charge is 0.284 e. The molecule has 160 valence electrons. The molecular formula is C17H18F4N8O. The summed E-state index contributed by atoms with van der Waals surface area (Å²) in [5, 5.41) is 10.4. The zero-order valence-corrected chi connectivity index (χ0v) is 15.8. The molecule has 4 rings (SSSR count). The number of aromatic nitrogens is 5. The van der Waals surface area contributed by atoms with E-state index in [1.807, 2.05) is 0 Å². The van der Waals surface area contributed by atoms with Crippen molar-refractivity contribution in [2.75, 3.05) is 23.3 Å². The first-order valence-corrected chi connectivity index (χ1v) is 9.02. The fourth-order valence-electron chi connectivity index (χ4n) is 3.37. The van der Waals surface area contributed by atoms with Crippen LogP contribution in [0.15, 0.2) is 24.7 Å². The van der Waals surface area contributed by atoms with Crippen LogP contribution in [0.4, 0.5) is 29.1 Å². The molecule has 3 aromatic heterocycles. The zero-order valence-electron chi connectivity index (χ0n) is 15.8. The third kappa shape index (κ3) is 3.44. The van der Waals surface area contributed by atoms with E-state index in [2.05, 4.69) is 20.5 Å². The molecule has 1 atom stereocenters. The van der Waals surface area contributed by atoms with Crippen LogP contribution < -0.4 is 16.0 Å². The third-order valence-electron chi connectivity index (χ3n) is 4.89. The van der Waals surface area contributed by atoms with Gasteiger partial charge in [0.2, 0.25) is 0 Å². The number of rotatable bonds is 4. The van der Waals surface area contributed by atoms with E-state index in [4.69, 9.17) is 5.73 Å². The quantitative estimate of drug-likeness (QED) is 0.617. The monoisotopic (exact) mass is 426 g/mol. The largest absolute Gasteiger partial charge is 0.352 e. The highest BCUT2D eigenvalue weighted by Gasteiger charge is 2.43. The number of aryl methyl sites for hydroxylation is 1. The Kier molecular flexibility index (Phi) is 4.84. The predicted octanol–water partition coefficient (Wildman–Crippen LogP) is 1.83. The van der Waals surface area contributed by atoms with Gasteiger partial charge in [0.1, 0.15) is 5.56 Å². The van der Waals surface area contributed by atoms with Crippen molar-refractivity contribution in [2.24, 2.45) is 12.8 Å². The van der Waals surface area contributed by atoms with E-state index >= 15 is 0 Å². The van der Waals surface area contributed by atoms with Gasteiger partial charge < -0.3 is 16.0 Å². The van der Waals surface area contributed by atoms with Crippen LogP contribution in [0.2, 0.25) is 0 Å². The molecule has 9 nitrogen and oxygen atoms in total. The van der Waals surface area contributed by atoms with Crippen LogP contribution in [0.1, 0.15) is 28.9 Å². The number of nitrogens with two attached hydrogens (primary N) is 1. The van der Waals surface area contributed by atoms with E-state index in [0.717, 1.165) is 4.68 Å². The molecule has 3 N–H and O–H groups in total. The second kappa shape index (κ2) is 7.23. The number of fused-ring (bicyclic) bond motifs is 1. The van der Waals surface area contributed by atoms with Gasteiger partial charge in [-0.3, -0.25) is 9.48 Å². The number of alkyl halides is 4. The predicted molar refractivity (Wildman–Crippen MR) is 98.9 cm³/mol. The molecule has 1 amide bonds. The summed E-state index contributed by atoms with van der Waals surface area (Å²) in [6.07, 6.45) is 0.813. The Morgan fingerprint density at radius 2 is 2.13 bits per heavy atom. The first-order chi connectivity index (χ1) is 14.2. The second-order valence-corrected chi connectivity index (χ2v) is 7.01. The molecule has 0 bridgehead atoms. The molecule has 1 aliphatic rings. The summed E-state index contributed by atoms with van der Waals surface area (Å²) < 4.78 is 56.5. The highest BCUT2D eigenvalue weighted by molar-refractivity contribution is 6.12. The number of halogens is 4. The Morgan fingerprint density at radius 3 is 2.83 bits per heavy atom. The van der Waals surface area contributed by atoms with E-state index in [1.54, 1.807) is 6.07 Å². The first kappa shape index (κ1) is 20.1. The molecule has 0 aliphatic carbocycles. The lowest BCUT2D eigenvalue weighted by Gasteiger charge is -2.36. The Morgan fingerprint density at radius 1 is 1.37 bits per heavy atom. The highest BCUT2D eigenvalue weighted by Crippen LogP contribution is 2.33. The zero-order chi connectivity index (χ0) is 21.6. The van der Waals surface area contributed by atoms with Crippen molar-refractivity contribution >= 4 is 23.1 Å². The Bertz CT molecular complexity index is 1090. The fraction of sp³-hybridized carbons (Fsp3) is 0.412. The topological polar surface area (TPSA) is 106 Å². The number of amides is 1. The minimum atomic E-state index is -3.03. The summed E-state index contributed by atoms with van der Waals surface area (Å²) in [7, 11) is 1.44. The minimum Gasteiger partial charge on any atom is -0.352 e. The van der Waals surface area contributed by atoms with Gasteiger partial charge in [-0.15, -0.1) is 5.10 Å². The Labute approximate surface area is 167 Å². The molecule has 0 saturated carbocycles. The Balaban J connectivity index is 1.73. The fourth-order valence-corrected chi connectivity index (χ4v) is 3.37. The molecule has 1 unspecified atom stereocenters. The standard InChI is InChI=1S/C17H18F4N8O/c1-27-7-9(12(25-27)13(18)19)24-16(30)11-14-23-4-2-5-29(14)26-15(11)28-6-3-17(20,21)10(22)8-28/h2,4-5,7,10,13H,3,6,8,22H2,1H3,(H,24,30). The number of carbonyl (C=O) groups is 1. The van der Waals surface area contributed by atoms with Crippen LogP contribution in [0.5, 0.6) is 0 Å². The molecular weight excluding hydrogens is 408 g/mol. The lowest BCUT2D eigenvalue weighted by atomic mass is 10.0. The second-order valence-electron chi connectivity index (χ2n) is 7.01. The lowest BCUT2D eigenvalue weighted by molar-refractivity contribution is -0.0394. The van der Waals surface area contributed by atoms with E-state index < -0.39 is 36.4 Å². The number of hydrogen-bond acceptors (Lipinski definition) is 6. The number of anilines is 2. The van der Waals surface area contributed by atoms with Gasteiger partial charge in [-0.25, -0.2) is 27.1 Å². The summed E-state index contributed by atoms with van der Waals surface area (Å²) in [6.45, 7) is -0.313. The maximum atomic E-state index is 13.8. The first-order valence-electron chi connectivity index (χ1n) is 9.02. The number of nitrogens with one attached hydrogen (secondary N) is 1.